The third-order valence-corrected chi connectivity index (χ3v) is 6.27. The number of aliphatic carboxylic acids is 1. The lowest BCUT2D eigenvalue weighted by Gasteiger charge is -2.25. The highest BCUT2D eigenvalue weighted by Gasteiger charge is 2.32. The van der Waals surface area contributed by atoms with Crippen molar-refractivity contribution >= 4 is 53.2 Å². The Morgan fingerprint density at radius 1 is 0.973 bits per heavy atom. The molecule has 0 aliphatic carbocycles. The van der Waals surface area contributed by atoms with E-state index in [1.807, 2.05) is 0 Å². The van der Waals surface area contributed by atoms with Gasteiger partial charge >= 0.3 is 5.97 Å². The lowest BCUT2D eigenvalue weighted by molar-refractivity contribution is -0.137. The van der Waals surface area contributed by atoms with Gasteiger partial charge in [0.05, 0.1) is 13.0 Å². The Kier molecular flexibility index (Phi) is 10.9. The van der Waals surface area contributed by atoms with E-state index in [4.69, 9.17) is 16.6 Å². The fraction of sp³-hybridized carbons (Fsp3) is 0.409. The molecule has 9 N–H and O–H groups in total. The number of carboxylic acid groups (broad SMARTS) is 1. The summed E-state index contributed by atoms with van der Waals surface area (Å²) in [6.07, 6.45) is -1.40. The molecule has 37 heavy (non-hydrogen) atoms. The topological polar surface area (TPSA) is 240 Å². The SMILES string of the molecule is NC(=O)CNC(=O)[C@@H]1CSCc2ccccc2C(=O)N[C@@H](CCC(=O)O)C(=O)N[C@@H](CC(N)=O)C(=O)N1. The van der Waals surface area contributed by atoms with Crippen LogP contribution in [0.4, 0.5) is 0 Å². The Morgan fingerprint density at radius 2 is 1.65 bits per heavy atom. The van der Waals surface area contributed by atoms with E-state index in [1.165, 1.54) is 17.8 Å². The van der Waals surface area contributed by atoms with Crippen LogP contribution in [-0.2, 0) is 34.5 Å². The molecule has 0 unspecified atom stereocenters. The molecule has 14 nitrogen and oxygen atoms in total. The van der Waals surface area contributed by atoms with Gasteiger partial charge in [0, 0.05) is 23.5 Å². The first-order chi connectivity index (χ1) is 17.5. The van der Waals surface area contributed by atoms with Crippen molar-refractivity contribution in [3.05, 3.63) is 35.4 Å². The zero-order chi connectivity index (χ0) is 27.5. The quantitative estimate of drug-likeness (QED) is 0.183. The third-order valence-electron chi connectivity index (χ3n) is 5.18. The van der Waals surface area contributed by atoms with E-state index in [1.54, 1.807) is 18.2 Å². The van der Waals surface area contributed by atoms with Gasteiger partial charge in [-0.1, -0.05) is 18.2 Å². The summed E-state index contributed by atoms with van der Waals surface area (Å²) in [6.45, 7) is -0.481. The molecule has 1 heterocycles. The Morgan fingerprint density at radius 3 is 2.30 bits per heavy atom. The molecular weight excluding hydrogens is 508 g/mol. The van der Waals surface area contributed by atoms with E-state index in [9.17, 15) is 33.6 Å². The number of rotatable bonds is 8. The van der Waals surface area contributed by atoms with Crippen LogP contribution in [0.25, 0.3) is 0 Å². The Balaban J connectivity index is 2.43. The van der Waals surface area contributed by atoms with E-state index in [2.05, 4.69) is 21.3 Å². The van der Waals surface area contributed by atoms with Crippen LogP contribution in [0.3, 0.4) is 0 Å². The van der Waals surface area contributed by atoms with E-state index >= 15 is 0 Å². The van der Waals surface area contributed by atoms with Crippen molar-refractivity contribution in [3.8, 4) is 0 Å². The Hall–Kier alpha value is -4.14. The minimum absolute atomic E-state index is 0.00473. The molecule has 0 bridgehead atoms. The van der Waals surface area contributed by atoms with Crippen molar-refractivity contribution in [3.63, 3.8) is 0 Å². The van der Waals surface area contributed by atoms with Gasteiger partial charge in [-0.2, -0.15) is 11.8 Å². The monoisotopic (exact) mass is 536 g/mol. The van der Waals surface area contributed by atoms with E-state index < -0.39 is 78.9 Å². The number of nitrogens with one attached hydrogen (secondary N) is 4. The van der Waals surface area contributed by atoms with Crippen LogP contribution in [0.5, 0.6) is 0 Å². The molecule has 0 radical (unpaired) electrons. The Labute approximate surface area is 215 Å². The number of benzene rings is 1. The maximum atomic E-state index is 13.0. The van der Waals surface area contributed by atoms with Crippen molar-refractivity contribution in [1.29, 1.82) is 0 Å². The molecule has 1 aliphatic rings. The van der Waals surface area contributed by atoms with Crippen molar-refractivity contribution in [2.75, 3.05) is 12.3 Å². The standard InChI is InChI=1S/C22H28N6O8S/c23-16(29)7-14-22(36)28-15(20(34)25-8-17(24)30)10-37-9-11-3-1-2-4-12(11)19(33)26-13(21(35)27-14)5-6-18(31)32/h1-4,13-15H,5-10H2,(H2,23,29)(H2,24,30)(H,25,34)(H,26,33)(H,27,35)(H,28,36)(H,31,32)/t13-,14-,15-/m0/s1. The van der Waals surface area contributed by atoms with Crippen LogP contribution in [0.15, 0.2) is 24.3 Å². The van der Waals surface area contributed by atoms with Crippen LogP contribution in [0, 0.1) is 0 Å². The predicted molar refractivity (Wildman–Crippen MR) is 131 cm³/mol. The number of fused-ring (bicyclic) bond motifs is 1. The minimum Gasteiger partial charge on any atom is -0.481 e. The molecule has 0 aromatic heterocycles. The van der Waals surface area contributed by atoms with Crippen LogP contribution < -0.4 is 32.7 Å². The highest BCUT2D eigenvalue weighted by molar-refractivity contribution is 7.98. The average Bonchev–Trinajstić information content (AvgIpc) is 2.83. The molecule has 15 heteroatoms. The maximum absolute atomic E-state index is 13.0. The highest BCUT2D eigenvalue weighted by Crippen LogP contribution is 2.19. The molecule has 1 aromatic rings. The molecule has 0 fully saturated rings. The number of thioether (sulfide) groups is 1. The first-order valence-corrected chi connectivity index (χ1v) is 12.3. The zero-order valence-electron chi connectivity index (χ0n) is 19.7. The molecular formula is C22H28N6O8S. The fourth-order valence-corrected chi connectivity index (χ4v) is 4.42. The number of primary amides is 2. The third kappa shape index (κ3) is 9.44. The van der Waals surface area contributed by atoms with Gasteiger partial charge < -0.3 is 37.8 Å². The molecule has 0 saturated heterocycles. The predicted octanol–water partition coefficient (Wildman–Crippen LogP) is -2.66. The summed E-state index contributed by atoms with van der Waals surface area (Å²) < 4.78 is 0. The van der Waals surface area contributed by atoms with Crippen molar-refractivity contribution in [1.82, 2.24) is 21.3 Å². The molecule has 1 aromatic carbocycles. The summed E-state index contributed by atoms with van der Waals surface area (Å²) in [7, 11) is 0. The van der Waals surface area contributed by atoms with Gasteiger partial charge in [0.1, 0.15) is 18.1 Å². The van der Waals surface area contributed by atoms with E-state index in [0.717, 1.165) is 0 Å². The number of carbonyl (C=O) groups excluding carboxylic acids is 6. The summed E-state index contributed by atoms with van der Waals surface area (Å²) in [5, 5.41) is 18.6. The molecule has 0 saturated carbocycles. The smallest absolute Gasteiger partial charge is 0.303 e. The molecule has 0 spiro atoms. The van der Waals surface area contributed by atoms with Crippen LogP contribution >= 0.6 is 11.8 Å². The van der Waals surface area contributed by atoms with Gasteiger partial charge in [0.25, 0.3) is 5.91 Å². The minimum atomic E-state index is -1.53. The Bertz CT molecular complexity index is 1080. The number of carbonyl (C=O) groups is 7. The zero-order valence-corrected chi connectivity index (χ0v) is 20.5. The average molecular weight is 537 g/mol. The molecule has 3 atom stereocenters. The normalized spacial score (nSPS) is 20.8. The largest absolute Gasteiger partial charge is 0.481 e. The number of amides is 6. The summed E-state index contributed by atoms with van der Waals surface area (Å²) >= 11 is 1.20. The molecule has 200 valence electrons. The second-order valence-electron chi connectivity index (χ2n) is 8.11. The van der Waals surface area contributed by atoms with Crippen molar-refractivity contribution < 1.29 is 38.7 Å². The van der Waals surface area contributed by atoms with Crippen molar-refractivity contribution in [2.45, 2.75) is 43.1 Å². The molecule has 2 rings (SSSR count). The summed E-state index contributed by atoms with van der Waals surface area (Å²) in [6, 6.07) is 2.42. The van der Waals surface area contributed by atoms with Gasteiger partial charge in [-0.15, -0.1) is 0 Å². The summed E-state index contributed by atoms with van der Waals surface area (Å²) in [4.78, 5) is 85.4. The van der Waals surface area contributed by atoms with Crippen LogP contribution in [0.2, 0.25) is 0 Å². The lowest BCUT2D eigenvalue weighted by atomic mass is 10.1. The lowest BCUT2D eigenvalue weighted by Crippen LogP contribution is -2.58. The second kappa shape index (κ2) is 13.8. The van der Waals surface area contributed by atoms with Gasteiger partial charge in [-0.05, 0) is 18.1 Å². The number of carboxylic acids is 1. The fourth-order valence-electron chi connectivity index (χ4n) is 3.36. The first kappa shape index (κ1) is 29.1. The van der Waals surface area contributed by atoms with Gasteiger partial charge in [0.2, 0.25) is 29.5 Å². The van der Waals surface area contributed by atoms with Gasteiger partial charge in [-0.3, -0.25) is 33.6 Å². The van der Waals surface area contributed by atoms with Gasteiger partial charge in [0.15, 0.2) is 0 Å². The summed E-state index contributed by atoms with van der Waals surface area (Å²) in [5.74, 6) is -5.95. The maximum Gasteiger partial charge on any atom is 0.303 e. The molecule has 6 amide bonds. The van der Waals surface area contributed by atoms with Crippen LogP contribution in [-0.4, -0.2) is 76.9 Å². The second-order valence-corrected chi connectivity index (χ2v) is 9.14. The van der Waals surface area contributed by atoms with Gasteiger partial charge in [-0.25, -0.2) is 0 Å². The van der Waals surface area contributed by atoms with E-state index in [-0.39, 0.29) is 23.5 Å². The van der Waals surface area contributed by atoms with Crippen LogP contribution in [0.1, 0.15) is 35.2 Å². The van der Waals surface area contributed by atoms with E-state index in [0.29, 0.717) is 5.56 Å². The highest BCUT2D eigenvalue weighted by atomic mass is 32.2. The summed E-state index contributed by atoms with van der Waals surface area (Å²) in [5.41, 5.74) is 11.1. The first-order valence-electron chi connectivity index (χ1n) is 11.1. The number of hydrogen-bond donors (Lipinski definition) is 7. The van der Waals surface area contributed by atoms with Crippen molar-refractivity contribution in [2.24, 2.45) is 11.5 Å². The number of nitrogens with two attached hydrogens (primary N) is 2. The molecule has 1 aliphatic heterocycles. The number of hydrogen-bond acceptors (Lipinski definition) is 8.